The third-order valence-corrected chi connectivity index (χ3v) is 4.82. The van der Waals surface area contributed by atoms with E-state index in [4.69, 9.17) is 16.1 Å². The molecule has 1 N–H and O–H groups in total. The van der Waals surface area contributed by atoms with Crippen LogP contribution in [0.2, 0.25) is 5.15 Å². The minimum absolute atomic E-state index is 0.0563. The van der Waals surface area contributed by atoms with Gasteiger partial charge >= 0.3 is 0 Å². The van der Waals surface area contributed by atoms with E-state index in [1.54, 1.807) is 12.1 Å². The number of nitrogens with one attached hydrogen (secondary N) is 1. The Morgan fingerprint density at radius 2 is 2.04 bits per heavy atom. The highest BCUT2D eigenvalue weighted by Crippen LogP contribution is 2.38. The Balaban J connectivity index is 1.55. The van der Waals surface area contributed by atoms with E-state index in [2.05, 4.69) is 20.4 Å². The van der Waals surface area contributed by atoms with Crippen LogP contribution in [0.5, 0.6) is 0 Å². The van der Waals surface area contributed by atoms with Crippen molar-refractivity contribution < 1.29 is 13.7 Å². The number of halogens is 2. The molecule has 0 aliphatic heterocycles. The van der Waals surface area contributed by atoms with Crippen molar-refractivity contribution in [2.45, 2.75) is 18.8 Å². The molecule has 2 heterocycles. The van der Waals surface area contributed by atoms with Crippen molar-refractivity contribution in [2.24, 2.45) is 0 Å². The molecule has 0 spiro atoms. The molecule has 1 aromatic carbocycles. The van der Waals surface area contributed by atoms with Gasteiger partial charge in [0.25, 0.3) is 11.7 Å². The minimum atomic E-state index is -0.455. The Hall–Kier alpha value is -2.32. The summed E-state index contributed by atoms with van der Waals surface area (Å²) in [4.78, 5) is 20.9. The maximum Gasteiger partial charge on any atom is 0.300 e. The van der Waals surface area contributed by atoms with E-state index in [1.807, 2.05) is 0 Å². The summed E-state index contributed by atoms with van der Waals surface area (Å²) in [5.41, 5.74) is 0.634. The first-order valence-electron chi connectivity index (χ1n) is 7.17. The molecule has 24 heavy (non-hydrogen) atoms. The van der Waals surface area contributed by atoms with Gasteiger partial charge in [0.2, 0.25) is 0 Å². The summed E-state index contributed by atoms with van der Waals surface area (Å²) in [5, 5.41) is 7.26. The Labute approximate surface area is 144 Å². The van der Waals surface area contributed by atoms with Crippen molar-refractivity contribution in [1.29, 1.82) is 0 Å². The SMILES string of the molecule is O=C(c1nc(C2CC2)no1)c1sc(Nc2ccc(F)cc2)nc1Cl. The second kappa shape index (κ2) is 5.95. The van der Waals surface area contributed by atoms with Gasteiger partial charge in [0, 0.05) is 11.6 Å². The van der Waals surface area contributed by atoms with E-state index >= 15 is 0 Å². The van der Waals surface area contributed by atoms with Gasteiger partial charge in [0.1, 0.15) is 10.7 Å². The fraction of sp³-hybridized carbons (Fsp3) is 0.200. The fourth-order valence-corrected chi connectivity index (χ4v) is 3.23. The van der Waals surface area contributed by atoms with Gasteiger partial charge < -0.3 is 9.84 Å². The Morgan fingerprint density at radius 3 is 2.75 bits per heavy atom. The number of hydrogen-bond donors (Lipinski definition) is 1. The van der Waals surface area contributed by atoms with Crippen LogP contribution in [0.25, 0.3) is 0 Å². The molecule has 3 aromatic rings. The van der Waals surface area contributed by atoms with Crippen LogP contribution in [0, 0.1) is 5.82 Å². The number of nitrogens with zero attached hydrogens (tertiary/aromatic N) is 3. The van der Waals surface area contributed by atoms with Gasteiger partial charge in [-0.1, -0.05) is 28.1 Å². The van der Waals surface area contributed by atoms with Gasteiger partial charge in [-0.3, -0.25) is 4.79 Å². The highest BCUT2D eigenvalue weighted by Gasteiger charge is 2.31. The number of benzene rings is 1. The number of anilines is 2. The molecule has 1 aliphatic rings. The zero-order valence-corrected chi connectivity index (χ0v) is 13.7. The molecular formula is C15H10ClFN4O2S. The number of aromatic nitrogens is 3. The summed E-state index contributed by atoms with van der Waals surface area (Å²) in [5.74, 6) is -0.0251. The van der Waals surface area contributed by atoms with Crippen LogP contribution < -0.4 is 5.32 Å². The van der Waals surface area contributed by atoms with Gasteiger partial charge in [0.05, 0.1) is 0 Å². The lowest BCUT2D eigenvalue weighted by Gasteiger charge is -2.00. The molecule has 1 saturated carbocycles. The van der Waals surface area contributed by atoms with Crippen molar-refractivity contribution in [1.82, 2.24) is 15.1 Å². The molecule has 6 nitrogen and oxygen atoms in total. The minimum Gasteiger partial charge on any atom is -0.331 e. The monoisotopic (exact) mass is 364 g/mol. The zero-order chi connectivity index (χ0) is 16.7. The summed E-state index contributed by atoms with van der Waals surface area (Å²) in [6.07, 6.45) is 2.03. The van der Waals surface area contributed by atoms with Gasteiger partial charge in [-0.2, -0.15) is 4.98 Å². The summed E-state index contributed by atoms with van der Waals surface area (Å²) in [6.45, 7) is 0. The number of ketones is 1. The number of carbonyl (C=O) groups is 1. The topological polar surface area (TPSA) is 80.9 Å². The maximum absolute atomic E-state index is 12.9. The highest BCUT2D eigenvalue weighted by atomic mass is 35.5. The van der Waals surface area contributed by atoms with E-state index in [-0.39, 0.29) is 21.7 Å². The molecule has 0 bridgehead atoms. The van der Waals surface area contributed by atoms with Crippen molar-refractivity contribution in [2.75, 3.05) is 5.32 Å². The van der Waals surface area contributed by atoms with Gasteiger partial charge in [-0.05, 0) is 37.1 Å². The molecule has 4 rings (SSSR count). The predicted molar refractivity (Wildman–Crippen MR) is 86.5 cm³/mol. The van der Waals surface area contributed by atoms with Crippen molar-refractivity contribution >= 4 is 39.5 Å². The zero-order valence-electron chi connectivity index (χ0n) is 12.1. The number of rotatable bonds is 5. The molecular weight excluding hydrogens is 355 g/mol. The van der Waals surface area contributed by atoms with Crippen molar-refractivity contribution in [3.05, 3.63) is 51.8 Å². The highest BCUT2D eigenvalue weighted by molar-refractivity contribution is 7.18. The van der Waals surface area contributed by atoms with Gasteiger partial charge in [0.15, 0.2) is 16.1 Å². The standard InChI is InChI=1S/C15H10ClFN4O2S/c16-12-11(10(22)14-20-13(21-23-14)7-1-2-7)24-15(19-12)18-9-5-3-8(17)4-6-9/h3-7H,1-2H2,(H,18,19). The lowest BCUT2D eigenvalue weighted by molar-refractivity contribution is 0.0997. The largest absolute Gasteiger partial charge is 0.331 e. The number of thiazole rings is 1. The van der Waals surface area contributed by atoms with E-state index < -0.39 is 5.78 Å². The number of hydrogen-bond acceptors (Lipinski definition) is 7. The molecule has 1 fully saturated rings. The van der Waals surface area contributed by atoms with E-state index in [9.17, 15) is 9.18 Å². The molecule has 0 radical (unpaired) electrons. The van der Waals surface area contributed by atoms with E-state index in [0.717, 1.165) is 24.2 Å². The first-order valence-corrected chi connectivity index (χ1v) is 8.37. The van der Waals surface area contributed by atoms with Crippen molar-refractivity contribution in [3.63, 3.8) is 0 Å². The molecule has 0 atom stereocenters. The Morgan fingerprint density at radius 1 is 1.29 bits per heavy atom. The van der Waals surface area contributed by atoms with Crippen LogP contribution in [0.4, 0.5) is 15.2 Å². The summed E-state index contributed by atoms with van der Waals surface area (Å²) < 4.78 is 17.9. The van der Waals surface area contributed by atoms with Crippen LogP contribution in [0.15, 0.2) is 28.8 Å². The second-order valence-electron chi connectivity index (χ2n) is 5.33. The first-order chi connectivity index (χ1) is 11.6. The van der Waals surface area contributed by atoms with Crippen LogP contribution in [-0.4, -0.2) is 20.9 Å². The van der Waals surface area contributed by atoms with Crippen LogP contribution in [0.3, 0.4) is 0 Å². The average molecular weight is 365 g/mol. The molecule has 122 valence electrons. The summed E-state index contributed by atoms with van der Waals surface area (Å²) in [7, 11) is 0. The van der Waals surface area contributed by atoms with Crippen LogP contribution >= 0.6 is 22.9 Å². The molecule has 9 heteroatoms. The van der Waals surface area contributed by atoms with Gasteiger partial charge in [-0.25, -0.2) is 9.37 Å². The van der Waals surface area contributed by atoms with E-state index in [1.165, 1.54) is 12.1 Å². The smallest absolute Gasteiger partial charge is 0.300 e. The molecule has 1 aliphatic carbocycles. The molecule has 0 amide bonds. The fourth-order valence-electron chi connectivity index (χ4n) is 2.08. The molecule has 0 unspecified atom stereocenters. The quantitative estimate of drug-likeness (QED) is 0.684. The lowest BCUT2D eigenvalue weighted by Crippen LogP contribution is -2.00. The van der Waals surface area contributed by atoms with Crippen LogP contribution in [0.1, 0.15) is 40.1 Å². The second-order valence-corrected chi connectivity index (χ2v) is 6.69. The first kappa shape index (κ1) is 15.2. The summed E-state index contributed by atoms with van der Waals surface area (Å²) in [6, 6.07) is 5.76. The molecule has 0 saturated heterocycles. The lowest BCUT2D eigenvalue weighted by atomic mass is 10.3. The third kappa shape index (κ3) is 3.02. The normalized spacial score (nSPS) is 13.9. The third-order valence-electron chi connectivity index (χ3n) is 3.47. The maximum atomic E-state index is 12.9. The average Bonchev–Trinajstić information content (AvgIpc) is 3.19. The van der Waals surface area contributed by atoms with E-state index in [0.29, 0.717) is 22.6 Å². The number of carbonyl (C=O) groups excluding carboxylic acids is 1. The van der Waals surface area contributed by atoms with Crippen LogP contribution in [-0.2, 0) is 0 Å². The Bertz CT molecular complexity index is 905. The van der Waals surface area contributed by atoms with Crippen molar-refractivity contribution in [3.8, 4) is 0 Å². The Kier molecular flexibility index (Phi) is 3.78. The molecule has 2 aromatic heterocycles. The summed E-state index contributed by atoms with van der Waals surface area (Å²) >= 11 is 7.12. The van der Waals surface area contributed by atoms with Gasteiger partial charge in [-0.15, -0.1) is 0 Å². The predicted octanol–water partition coefficient (Wildman–Crippen LogP) is 4.17.